The van der Waals surface area contributed by atoms with E-state index >= 15 is 0 Å². The molecule has 2 aromatic rings. The van der Waals surface area contributed by atoms with Crippen LogP contribution in [-0.2, 0) is 10.5 Å². The molecule has 0 unspecified atom stereocenters. The van der Waals surface area contributed by atoms with Crippen molar-refractivity contribution in [3.8, 4) is 11.1 Å². The van der Waals surface area contributed by atoms with Crippen LogP contribution in [0.3, 0.4) is 0 Å². The van der Waals surface area contributed by atoms with Crippen molar-refractivity contribution in [2.24, 2.45) is 4.36 Å². The highest BCUT2D eigenvalue weighted by Crippen LogP contribution is 2.23. The second-order valence-corrected chi connectivity index (χ2v) is 4.62. The van der Waals surface area contributed by atoms with Gasteiger partial charge in [0.2, 0.25) is 0 Å². The molecule has 0 N–H and O–H groups in total. The Morgan fingerprint density at radius 3 is 2.21 bits per heavy atom. The number of benzene rings is 2. The highest BCUT2D eigenvalue weighted by atomic mass is 32.2. The van der Waals surface area contributed by atoms with Gasteiger partial charge < -0.3 is 0 Å². The number of amides is 1. The lowest BCUT2D eigenvalue weighted by Gasteiger charge is -2.05. The predicted molar refractivity (Wildman–Crippen MR) is 72.3 cm³/mol. The Labute approximate surface area is 112 Å². The average Bonchev–Trinajstić information content (AvgIpc) is 2.39. The fourth-order valence-electron chi connectivity index (χ4n) is 1.81. The molecule has 0 fully saturated rings. The van der Waals surface area contributed by atoms with E-state index in [1.54, 1.807) is 24.3 Å². The van der Waals surface area contributed by atoms with Crippen LogP contribution >= 0.6 is 0 Å². The zero-order valence-electron chi connectivity index (χ0n) is 10.2. The van der Waals surface area contributed by atoms with Crippen LogP contribution in [0.2, 0.25) is 0 Å². The summed E-state index contributed by atoms with van der Waals surface area (Å²) < 4.78 is 23.6. The Balaban J connectivity index is 2.37. The van der Waals surface area contributed by atoms with E-state index in [-0.39, 0.29) is 5.56 Å². The van der Waals surface area contributed by atoms with Crippen LogP contribution in [0.25, 0.3) is 11.1 Å². The molecule has 0 aromatic heterocycles. The lowest BCUT2D eigenvalue weighted by Crippen LogP contribution is -1.94. The van der Waals surface area contributed by atoms with E-state index in [9.17, 15) is 13.2 Å². The van der Waals surface area contributed by atoms with Gasteiger partial charge in [0.05, 0.1) is 0 Å². The lowest BCUT2D eigenvalue weighted by molar-refractivity contribution is 0.100. The van der Waals surface area contributed by atoms with Gasteiger partial charge in [-0.1, -0.05) is 40.8 Å². The summed E-state index contributed by atoms with van der Waals surface area (Å²) in [7, 11) is -2.72. The maximum absolute atomic E-state index is 11.4. The van der Waals surface area contributed by atoms with Crippen molar-refractivity contribution in [2.75, 3.05) is 0 Å². The van der Waals surface area contributed by atoms with Crippen LogP contribution in [0.5, 0.6) is 0 Å². The van der Waals surface area contributed by atoms with Gasteiger partial charge in [-0.15, -0.1) is 0 Å². The molecule has 1 amide bonds. The minimum absolute atomic E-state index is 0.251. The van der Waals surface area contributed by atoms with E-state index in [4.69, 9.17) is 0 Å². The van der Waals surface area contributed by atoms with Gasteiger partial charge in [0.15, 0.2) is 0 Å². The molecule has 0 aliphatic carbocycles. The van der Waals surface area contributed by atoms with Crippen LogP contribution in [0.15, 0.2) is 52.9 Å². The standard InChI is InChI=1S/C14H11NO3S/c1-10-4-2-3-5-13(10)11-6-8-12(9-7-11)14(16)15-19(17)18/h2-9H,1H3. The first-order valence-electron chi connectivity index (χ1n) is 5.59. The average molecular weight is 273 g/mol. The summed E-state index contributed by atoms with van der Waals surface area (Å²) in [6.45, 7) is 2.00. The van der Waals surface area contributed by atoms with Gasteiger partial charge >= 0.3 is 10.5 Å². The SMILES string of the molecule is Cc1ccccc1-c1ccc(C(=O)N=S(=O)=O)cc1. The van der Waals surface area contributed by atoms with Crippen molar-refractivity contribution in [3.63, 3.8) is 0 Å². The van der Waals surface area contributed by atoms with Crippen LogP contribution in [0.1, 0.15) is 15.9 Å². The van der Waals surface area contributed by atoms with Crippen LogP contribution in [0.4, 0.5) is 0 Å². The van der Waals surface area contributed by atoms with E-state index in [0.717, 1.165) is 16.7 Å². The smallest absolute Gasteiger partial charge is 0.266 e. The maximum atomic E-state index is 11.4. The molecule has 2 rings (SSSR count). The molecule has 0 aliphatic rings. The number of carbonyl (C=O) groups excluding carboxylic acids is 1. The molecule has 0 saturated heterocycles. The normalized spacial score (nSPS) is 9.95. The van der Waals surface area contributed by atoms with Crippen molar-refractivity contribution in [3.05, 3.63) is 59.7 Å². The molecular weight excluding hydrogens is 262 g/mol. The first-order valence-corrected chi connectivity index (χ1v) is 6.62. The second kappa shape index (κ2) is 5.58. The lowest BCUT2D eigenvalue weighted by atomic mass is 9.99. The Morgan fingerprint density at radius 1 is 1.00 bits per heavy atom. The first-order chi connectivity index (χ1) is 9.08. The van der Waals surface area contributed by atoms with Gasteiger partial charge in [0.1, 0.15) is 0 Å². The molecule has 19 heavy (non-hydrogen) atoms. The van der Waals surface area contributed by atoms with E-state index < -0.39 is 16.4 Å². The molecule has 0 aliphatic heterocycles. The Morgan fingerprint density at radius 2 is 1.63 bits per heavy atom. The summed E-state index contributed by atoms with van der Waals surface area (Å²) in [4.78, 5) is 11.4. The van der Waals surface area contributed by atoms with Crippen molar-refractivity contribution < 1.29 is 13.2 Å². The summed E-state index contributed by atoms with van der Waals surface area (Å²) in [5, 5.41) is 0. The second-order valence-electron chi connectivity index (χ2n) is 4.01. The minimum atomic E-state index is -2.72. The third-order valence-corrected chi connectivity index (χ3v) is 3.06. The first kappa shape index (κ1) is 13.2. The van der Waals surface area contributed by atoms with E-state index in [0.29, 0.717) is 0 Å². The zero-order chi connectivity index (χ0) is 13.8. The fraction of sp³-hybridized carbons (Fsp3) is 0.0714. The highest BCUT2D eigenvalue weighted by Gasteiger charge is 2.06. The minimum Gasteiger partial charge on any atom is -0.266 e. The molecule has 0 bridgehead atoms. The third kappa shape index (κ3) is 3.14. The number of aryl methyl sites for hydroxylation is 1. The van der Waals surface area contributed by atoms with Crippen molar-refractivity contribution in [1.29, 1.82) is 0 Å². The number of carbonyl (C=O) groups is 1. The monoisotopic (exact) mass is 273 g/mol. The maximum Gasteiger partial charge on any atom is 0.319 e. The Hall–Kier alpha value is -2.27. The predicted octanol–water partition coefficient (Wildman–Crippen LogP) is 2.86. The molecule has 4 nitrogen and oxygen atoms in total. The summed E-state index contributed by atoms with van der Waals surface area (Å²) in [5.74, 6) is -0.760. The van der Waals surface area contributed by atoms with Gasteiger partial charge in [0.25, 0.3) is 5.91 Å². The molecule has 0 radical (unpaired) electrons. The van der Waals surface area contributed by atoms with Crippen LogP contribution in [-0.4, -0.2) is 14.3 Å². The number of rotatable bonds is 2. The fourth-order valence-corrected chi connectivity index (χ4v) is 2.05. The summed E-state index contributed by atoms with van der Waals surface area (Å²) in [6, 6.07) is 14.6. The van der Waals surface area contributed by atoms with Crippen LogP contribution in [0, 0.1) is 6.92 Å². The third-order valence-electron chi connectivity index (χ3n) is 2.75. The number of hydrogen-bond donors (Lipinski definition) is 0. The van der Waals surface area contributed by atoms with Crippen molar-refractivity contribution in [2.45, 2.75) is 6.92 Å². The van der Waals surface area contributed by atoms with Gasteiger partial charge in [-0.3, -0.25) is 4.79 Å². The van der Waals surface area contributed by atoms with E-state index in [1.807, 2.05) is 31.2 Å². The zero-order valence-corrected chi connectivity index (χ0v) is 11.0. The van der Waals surface area contributed by atoms with Gasteiger partial charge in [-0.25, -0.2) is 0 Å². The van der Waals surface area contributed by atoms with E-state index in [1.165, 1.54) is 0 Å². The summed E-state index contributed by atoms with van der Waals surface area (Å²) >= 11 is 0. The molecule has 0 spiro atoms. The molecule has 0 atom stereocenters. The van der Waals surface area contributed by atoms with Gasteiger partial charge in [-0.2, -0.15) is 8.42 Å². The number of nitrogens with zero attached hydrogens (tertiary/aromatic N) is 1. The molecular formula is C14H11NO3S. The highest BCUT2D eigenvalue weighted by molar-refractivity contribution is 7.62. The van der Waals surface area contributed by atoms with E-state index in [2.05, 4.69) is 4.36 Å². The molecule has 0 saturated carbocycles. The largest absolute Gasteiger partial charge is 0.319 e. The van der Waals surface area contributed by atoms with Gasteiger partial charge in [-0.05, 0) is 35.7 Å². The molecule has 96 valence electrons. The van der Waals surface area contributed by atoms with Gasteiger partial charge in [0, 0.05) is 5.56 Å². The molecule has 0 heterocycles. The van der Waals surface area contributed by atoms with Crippen LogP contribution < -0.4 is 0 Å². The quantitative estimate of drug-likeness (QED) is 0.845. The Bertz CT molecular complexity index is 739. The molecule has 5 heteroatoms. The topological polar surface area (TPSA) is 63.6 Å². The van der Waals surface area contributed by atoms with Crippen molar-refractivity contribution in [1.82, 2.24) is 0 Å². The molecule has 2 aromatic carbocycles. The Kier molecular flexibility index (Phi) is 3.87. The summed E-state index contributed by atoms with van der Waals surface area (Å²) in [5.41, 5.74) is 3.43. The van der Waals surface area contributed by atoms with Crippen molar-refractivity contribution >= 4 is 16.4 Å². The summed E-state index contributed by atoms with van der Waals surface area (Å²) in [6.07, 6.45) is 0. The number of hydrogen-bond acceptors (Lipinski definition) is 3.